The molecule has 248 valence electrons. The van der Waals surface area contributed by atoms with E-state index in [0.717, 1.165) is 9.80 Å². The van der Waals surface area contributed by atoms with Gasteiger partial charge in [0.1, 0.15) is 11.5 Å². The van der Waals surface area contributed by atoms with Gasteiger partial charge in [0, 0.05) is 26.1 Å². The third-order valence-electron chi connectivity index (χ3n) is 7.74. The lowest BCUT2D eigenvalue weighted by atomic mass is 10.1. The van der Waals surface area contributed by atoms with Gasteiger partial charge >= 0.3 is 11.9 Å². The van der Waals surface area contributed by atoms with Gasteiger partial charge in [0.2, 0.25) is 0 Å². The highest BCUT2D eigenvalue weighted by Gasteiger charge is 2.38. The van der Waals surface area contributed by atoms with Crippen LogP contribution in [-0.2, 0) is 9.47 Å². The van der Waals surface area contributed by atoms with Gasteiger partial charge in [-0.2, -0.15) is 0 Å². The number of carbonyl (C=O) groups is 6. The zero-order chi connectivity index (χ0) is 34.7. The molecule has 6 rings (SSSR count). The fourth-order valence-electron chi connectivity index (χ4n) is 5.29. The van der Waals surface area contributed by atoms with Crippen molar-refractivity contribution in [3.05, 3.63) is 118 Å². The highest BCUT2D eigenvalue weighted by molar-refractivity contribution is 6.35. The molecular formula is C36H28N2O11. The van der Waals surface area contributed by atoms with Crippen LogP contribution in [0.25, 0.3) is 0 Å². The van der Waals surface area contributed by atoms with Crippen molar-refractivity contribution in [2.24, 2.45) is 0 Å². The zero-order valence-corrected chi connectivity index (χ0v) is 25.8. The standard InChI is InChI=1S/C36H28N2O11/c39-15-1-17-47-35(45)21-3-13-27-29(19-21)33(43)37(31(27)41)23-5-9-25(10-6-23)49-26-11-7-24(8-12-26)38-32(42)28-14-4-22(20-30(28)34(38)44)36(46)48-18-2-16-40/h3-14,19-20,39-40H,1-2,15-18H2. The molecule has 13 nitrogen and oxygen atoms in total. The lowest BCUT2D eigenvalue weighted by molar-refractivity contribution is 0.0471. The van der Waals surface area contributed by atoms with Gasteiger partial charge in [-0.25, -0.2) is 19.4 Å². The molecule has 0 unspecified atom stereocenters. The monoisotopic (exact) mass is 664 g/mol. The molecular weight excluding hydrogens is 636 g/mol. The van der Waals surface area contributed by atoms with Crippen LogP contribution in [0.2, 0.25) is 0 Å². The van der Waals surface area contributed by atoms with Crippen LogP contribution in [-0.4, -0.2) is 72.2 Å². The summed E-state index contributed by atoms with van der Waals surface area (Å²) in [6.07, 6.45) is 0.555. The van der Waals surface area contributed by atoms with Crippen LogP contribution >= 0.6 is 0 Å². The summed E-state index contributed by atoms with van der Waals surface area (Å²) < 4.78 is 16.0. The van der Waals surface area contributed by atoms with Crippen LogP contribution in [0.1, 0.15) is 75.0 Å². The molecule has 0 atom stereocenters. The minimum Gasteiger partial charge on any atom is -0.462 e. The predicted octanol–water partition coefficient (Wildman–Crippen LogP) is 4.16. The minimum absolute atomic E-state index is 0.0199. The van der Waals surface area contributed by atoms with E-state index in [1.54, 1.807) is 24.3 Å². The third-order valence-corrected chi connectivity index (χ3v) is 7.74. The molecule has 2 aliphatic rings. The van der Waals surface area contributed by atoms with Crippen LogP contribution < -0.4 is 14.5 Å². The van der Waals surface area contributed by atoms with Gasteiger partial charge in [-0.1, -0.05) is 0 Å². The Morgan fingerprint density at radius 1 is 0.510 bits per heavy atom. The number of ether oxygens (including phenoxy) is 3. The lowest BCUT2D eigenvalue weighted by Crippen LogP contribution is -2.29. The number of hydrogen-bond donors (Lipinski definition) is 2. The number of benzene rings is 4. The topological polar surface area (TPSA) is 177 Å². The highest BCUT2D eigenvalue weighted by Crippen LogP contribution is 2.34. The average Bonchev–Trinajstić information content (AvgIpc) is 3.52. The number of fused-ring (bicyclic) bond motifs is 2. The van der Waals surface area contributed by atoms with Crippen molar-refractivity contribution < 1.29 is 53.2 Å². The molecule has 4 aromatic carbocycles. The van der Waals surface area contributed by atoms with Crippen molar-refractivity contribution in [1.82, 2.24) is 0 Å². The average molecular weight is 665 g/mol. The van der Waals surface area contributed by atoms with Gasteiger partial charge in [0.25, 0.3) is 23.6 Å². The maximum absolute atomic E-state index is 13.2. The van der Waals surface area contributed by atoms with Crippen LogP contribution in [0, 0.1) is 0 Å². The molecule has 0 fully saturated rings. The Balaban J connectivity index is 1.11. The maximum Gasteiger partial charge on any atom is 0.338 e. The van der Waals surface area contributed by atoms with Gasteiger partial charge in [0.15, 0.2) is 0 Å². The third kappa shape index (κ3) is 6.40. The second kappa shape index (κ2) is 13.9. The first-order valence-corrected chi connectivity index (χ1v) is 15.2. The molecule has 13 heteroatoms. The maximum atomic E-state index is 13.2. The first kappa shape index (κ1) is 32.7. The Morgan fingerprint density at radius 2 is 0.878 bits per heavy atom. The summed E-state index contributed by atoms with van der Waals surface area (Å²) >= 11 is 0. The largest absolute Gasteiger partial charge is 0.462 e. The fraction of sp³-hybridized carbons (Fsp3) is 0.167. The number of aliphatic hydroxyl groups excluding tert-OH is 2. The van der Waals surface area contributed by atoms with Gasteiger partial charge in [-0.15, -0.1) is 0 Å². The smallest absolute Gasteiger partial charge is 0.338 e. The van der Waals surface area contributed by atoms with E-state index in [2.05, 4.69) is 0 Å². The molecule has 0 saturated heterocycles. The lowest BCUT2D eigenvalue weighted by Gasteiger charge is -2.16. The summed E-state index contributed by atoms with van der Waals surface area (Å²) in [5.41, 5.74) is 1.22. The Labute approximate surface area is 278 Å². The summed E-state index contributed by atoms with van der Waals surface area (Å²) in [4.78, 5) is 79.1. The molecule has 49 heavy (non-hydrogen) atoms. The van der Waals surface area contributed by atoms with Crippen molar-refractivity contribution in [1.29, 1.82) is 0 Å². The van der Waals surface area contributed by atoms with Gasteiger partial charge in [-0.3, -0.25) is 19.2 Å². The van der Waals surface area contributed by atoms with Crippen LogP contribution in [0.3, 0.4) is 0 Å². The predicted molar refractivity (Wildman–Crippen MR) is 172 cm³/mol. The zero-order valence-electron chi connectivity index (χ0n) is 25.8. The molecule has 2 heterocycles. The van der Waals surface area contributed by atoms with Crippen LogP contribution in [0.5, 0.6) is 11.5 Å². The molecule has 0 radical (unpaired) electrons. The highest BCUT2D eigenvalue weighted by atomic mass is 16.5. The number of hydrogen-bond acceptors (Lipinski definition) is 11. The molecule has 4 aromatic rings. The van der Waals surface area contributed by atoms with Gasteiger partial charge < -0.3 is 24.4 Å². The molecule has 2 N–H and O–H groups in total. The Bertz CT molecular complexity index is 1840. The molecule has 2 aliphatic heterocycles. The number of imide groups is 2. The summed E-state index contributed by atoms with van der Waals surface area (Å²) in [7, 11) is 0. The molecule has 0 spiro atoms. The number of nitrogens with zero attached hydrogens (tertiary/aromatic N) is 2. The van der Waals surface area contributed by atoms with E-state index in [1.165, 1.54) is 60.7 Å². The van der Waals surface area contributed by atoms with E-state index >= 15 is 0 Å². The molecule has 0 aliphatic carbocycles. The Morgan fingerprint density at radius 3 is 1.24 bits per heavy atom. The van der Waals surface area contributed by atoms with Crippen molar-refractivity contribution in [3.63, 3.8) is 0 Å². The summed E-state index contributed by atoms with van der Waals surface area (Å²) in [5.74, 6) is -2.89. The number of rotatable bonds is 12. The van der Waals surface area contributed by atoms with E-state index < -0.39 is 35.6 Å². The van der Waals surface area contributed by atoms with E-state index in [1.807, 2.05) is 0 Å². The van der Waals surface area contributed by atoms with Crippen LogP contribution in [0.4, 0.5) is 11.4 Å². The van der Waals surface area contributed by atoms with Crippen LogP contribution in [0.15, 0.2) is 84.9 Å². The Hall–Kier alpha value is -6.18. The summed E-state index contributed by atoms with van der Waals surface area (Å²) in [6, 6.07) is 20.6. The Kier molecular flexibility index (Phi) is 9.29. The first-order chi connectivity index (χ1) is 23.7. The van der Waals surface area contributed by atoms with Crippen molar-refractivity contribution in [2.75, 3.05) is 36.2 Å². The molecule has 0 aromatic heterocycles. The van der Waals surface area contributed by atoms with E-state index in [-0.39, 0.29) is 84.0 Å². The van der Waals surface area contributed by atoms with Crippen molar-refractivity contribution in [2.45, 2.75) is 12.8 Å². The van der Waals surface area contributed by atoms with Crippen molar-refractivity contribution in [3.8, 4) is 11.5 Å². The quantitative estimate of drug-likeness (QED) is 0.126. The number of anilines is 2. The van der Waals surface area contributed by atoms with E-state index in [4.69, 9.17) is 24.4 Å². The van der Waals surface area contributed by atoms with E-state index in [9.17, 15) is 28.8 Å². The summed E-state index contributed by atoms with van der Waals surface area (Å²) in [6.45, 7) is -0.225. The SMILES string of the molecule is O=C(OCCCO)c1ccc2c(c1)C(=O)N(c1ccc(Oc3ccc(N4C(=O)c5ccc(C(=O)OCCCO)cc5C4=O)cc3)cc1)C2=O. The van der Waals surface area contributed by atoms with Crippen molar-refractivity contribution >= 4 is 46.9 Å². The van der Waals surface area contributed by atoms with Gasteiger partial charge in [-0.05, 0) is 84.9 Å². The molecule has 4 amide bonds. The fourth-order valence-corrected chi connectivity index (χ4v) is 5.29. The molecule has 0 saturated carbocycles. The minimum atomic E-state index is -0.669. The number of amides is 4. The van der Waals surface area contributed by atoms with Gasteiger partial charge in [0.05, 0.1) is 58.0 Å². The van der Waals surface area contributed by atoms with E-state index in [0.29, 0.717) is 11.5 Å². The number of carbonyl (C=O) groups excluding carboxylic acids is 6. The second-order valence-electron chi connectivity index (χ2n) is 10.9. The first-order valence-electron chi connectivity index (χ1n) is 15.2. The normalized spacial score (nSPS) is 13.4. The summed E-state index contributed by atoms with van der Waals surface area (Å²) in [5, 5.41) is 17.7. The second-order valence-corrected chi connectivity index (χ2v) is 10.9. The molecule has 0 bridgehead atoms. The number of esters is 2. The number of aliphatic hydroxyl groups is 2.